The maximum atomic E-state index is 11.0. The van der Waals surface area contributed by atoms with Crippen molar-refractivity contribution in [3.8, 4) is 5.75 Å². The van der Waals surface area contributed by atoms with Gasteiger partial charge in [-0.1, -0.05) is 17.7 Å². The lowest BCUT2D eigenvalue weighted by Gasteiger charge is -2.10. The average Bonchev–Trinajstić information content (AvgIpc) is 2.30. The Morgan fingerprint density at radius 2 is 2.00 bits per heavy atom. The maximum absolute atomic E-state index is 11.0. The lowest BCUT2D eigenvalue weighted by molar-refractivity contribution is -0.142. The summed E-state index contributed by atoms with van der Waals surface area (Å²) >= 11 is 0. The molecule has 0 radical (unpaired) electrons. The SMILES string of the molecule is COC(=O)C(N)CCOc1ccc(C)cc1. The normalized spacial score (nSPS) is 11.9. The molecule has 4 heteroatoms. The molecule has 0 aliphatic rings. The van der Waals surface area contributed by atoms with E-state index >= 15 is 0 Å². The van der Waals surface area contributed by atoms with E-state index in [1.807, 2.05) is 31.2 Å². The molecule has 0 amide bonds. The maximum Gasteiger partial charge on any atom is 0.322 e. The minimum absolute atomic E-state index is 0.402. The summed E-state index contributed by atoms with van der Waals surface area (Å²) in [7, 11) is 1.32. The molecule has 0 aliphatic heterocycles. The van der Waals surface area contributed by atoms with Crippen molar-refractivity contribution < 1.29 is 14.3 Å². The molecule has 1 unspecified atom stereocenters. The molecule has 1 aromatic carbocycles. The number of esters is 1. The summed E-state index contributed by atoms with van der Waals surface area (Å²) in [6.07, 6.45) is 0.445. The van der Waals surface area contributed by atoms with E-state index in [0.717, 1.165) is 5.75 Å². The van der Waals surface area contributed by atoms with Crippen LogP contribution in [0.3, 0.4) is 0 Å². The predicted octanol–water partition coefficient (Wildman–Crippen LogP) is 1.26. The highest BCUT2D eigenvalue weighted by atomic mass is 16.5. The number of ether oxygens (including phenoxy) is 2. The van der Waals surface area contributed by atoms with Crippen LogP contribution in [0.15, 0.2) is 24.3 Å². The number of nitrogens with two attached hydrogens (primary N) is 1. The first-order chi connectivity index (χ1) is 7.63. The number of carbonyl (C=O) groups excluding carboxylic acids is 1. The molecule has 0 fully saturated rings. The van der Waals surface area contributed by atoms with E-state index in [0.29, 0.717) is 13.0 Å². The van der Waals surface area contributed by atoms with Crippen LogP contribution in [-0.2, 0) is 9.53 Å². The van der Waals surface area contributed by atoms with Gasteiger partial charge in [0.2, 0.25) is 0 Å². The Kier molecular flexibility index (Phi) is 4.79. The van der Waals surface area contributed by atoms with E-state index in [9.17, 15) is 4.79 Å². The summed E-state index contributed by atoms with van der Waals surface area (Å²) in [6.45, 7) is 2.41. The molecular weight excluding hydrogens is 206 g/mol. The number of carbonyl (C=O) groups is 1. The molecule has 16 heavy (non-hydrogen) atoms. The largest absolute Gasteiger partial charge is 0.494 e. The minimum Gasteiger partial charge on any atom is -0.494 e. The molecule has 1 rings (SSSR count). The highest BCUT2D eigenvalue weighted by Crippen LogP contribution is 2.11. The van der Waals surface area contributed by atoms with Crippen LogP contribution >= 0.6 is 0 Å². The Hall–Kier alpha value is -1.55. The summed E-state index contributed by atoms with van der Waals surface area (Å²) in [5.74, 6) is 0.371. The van der Waals surface area contributed by atoms with Crippen LogP contribution in [0.2, 0.25) is 0 Å². The molecule has 1 atom stereocenters. The van der Waals surface area contributed by atoms with E-state index in [1.165, 1.54) is 12.7 Å². The van der Waals surface area contributed by atoms with Crippen molar-refractivity contribution in [1.82, 2.24) is 0 Å². The summed E-state index contributed by atoms with van der Waals surface area (Å²) in [5.41, 5.74) is 6.74. The second kappa shape index (κ2) is 6.12. The molecule has 4 nitrogen and oxygen atoms in total. The highest BCUT2D eigenvalue weighted by Gasteiger charge is 2.12. The monoisotopic (exact) mass is 223 g/mol. The van der Waals surface area contributed by atoms with Crippen molar-refractivity contribution in [3.63, 3.8) is 0 Å². The highest BCUT2D eigenvalue weighted by molar-refractivity contribution is 5.75. The number of aryl methyl sites for hydroxylation is 1. The first-order valence-corrected chi connectivity index (χ1v) is 5.16. The van der Waals surface area contributed by atoms with Crippen molar-refractivity contribution >= 4 is 5.97 Å². The summed E-state index contributed by atoms with van der Waals surface area (Å²) in [6, 6.07) is 7.10. The van der Waals surface area contributed by atoms with Crippen molar-refractivity contribution in [2.45, 2.75) is 19.4 Å². The lowest BCUT2D eigenvalue weighted by atomic mass is 10.2. The lowest BCUT2D eigenvalue weighted by Crippen LogP contribution is -2.33. The third-order valence-electron chi connectivity index (χ3n) is 2.22. The second-order valence-electron chi connectivity index (χ2n) is 3.58. The van der Waals surface area contributed by atoms with Crippen LogP contribution in [-0.4, -0.2) is 25.7 Å². The van der Waals surface area contributed by atoms with Crippen molar-refractivity contribution in [2.75, 3.05) is 13.7 Å². The first-order valence-electron chi connectivity index (χ1n) is 5.16. The molecule has 0 saturated carbocycles. The van der Waals surface area contributed by atoms with Gasteiger partial charge in [0.15, 0.2) is 0 Å². The Bertz CT molecular complexity index is 335. The molecule has 0 aromatic heterocycles. The van der Waals surface area contributed by atoms with Gasteiger partial charge in [-0.3, -0.25) is 4.79 Å². The standard InChI is InChI=1S/C12H17NO3/c1-9-3-5-10(6-4-9)16-8-7-11(13)12(14)15-2/h3-6,11H,7-8,13H2,1-2H3. The van der Waals surface area contributed by atoms with Gasteiger partial charge in [0.25, 0.3) is 0 Å². The second-order valence-corrected chi connectivity index (χ2v) is 3.58. The third-order valence-corrected chi connectivity index (χ3v) is 2.22. The van der Waals surface area contributed by atoms with Gasteiger partial charge in [-0.2, -0.15) is 0 Å². The van der Waals surface area contributed by atoms with Gasteiger partial charge in [0.05, 0.1) is 13.7 Å². The molecule has 0 heterocycles. The van der Waals surface area contributed by atoms with Gasteiger partial charge in [-0.05, 0) is 19.1 Å². The quantitative estimate of drug-likeness (QED) is 0.763. The van der Waals surface area contributed by atoms with Crippen LogP contribution in [0.25, 0.3) is 0 Å². The fourth-order valence-corrected chi connectivity index (χ4v) is 1.21. The zero-order chi connectivity index (χ0) is 12.0. The fraction of sp³-hybridized carbons (Fsp3) is 0.417. The number of benzene rings is 1. The van der Waals surface area contributed by atoms with Gasteiger partial charge >= 0.3 is 5.97 Å². The van der Waals surface area contributed by atoms with E-state index < -0.39 is 12.0 Å². The molecule has 0 spiro atoms. The number of hydrogen-bond donors (Lipinski definition) is 1. The van der Waals surface area contributed by atoms with Crippen molar-refractivity contribution in [1.29, 1.82) is 0 Å². The van der Waals surface area contributed by atoms with Crippen molar-refractivity contribution in [2.24, 2.45) is 5.73 Å². The zero-order valence-electron chi connectivity index (χ0n) is 9.60. The van der Waals surface area contributed by atoms with Crippen LogP contribution in [0.5, 0.6) is 5.75 Å². The number of hydrogen-bond acceptors (Lipinski definition) is 4. The van der Waals surface area contributed by atoms with Gasteiger partial charge in [-0.15, -0.1) is 0 Å². The summed E-state index contributed by atoms with van der Waals surface area (Å²) in [5, 5.41) is 0. The van der Waals surface area contributed by atoms with Gasteiger partial charge in [0, 0.05) is 6.42 Å². The van der Waals surface area contributed by atoms with Crippen LogP contribution in [0, 0.1) is 6.92 Å². The third kappa shape index (κ3) is 3.90. The molecule has 0 bridgehead atoms. The molecule has 0 saturated heterocycles. The van der Waals surface area contributed by atoms with E-state index in [2.05, 4.69) is 4.74 Å². The Morgan fingerprint density at radius 3 is 2.56 bits per heavy atom. The van der Waals surface area contributed by atoms with Gasteiger partial charge < -0.3 is 15.2 Å². The molecular formula is C12H17NO3. The van der Waals surface area contributed by atoms with Crippen LogP contribution in [0.4, 0.5) is 0 Å². The predicted molar refractivity (Wildman–Crippen MR) is 61.3 cm³/mol. The van der Waals surface area contributed by atoms with Gasteiger partial charge in [0.1, 0.15) is 11.8 Å². The van der Waals surface area contributed by atoms with Crippen LogP contribution < -0.4 is 10.5 Å². The molecule has 1 aromatic rings. The van der Waals surface area contributed by atoms with E-state index in [4.69, 9.17) is 10.5 Å². The van der Waals surface area contributed by atoms with Crippen LogP contribution in [0.1, 0.15) is 12.0 Å². The van der Waals surface area contributed by atoms with Gasteiger partial charge in [-0.25, -0.2) is 0 Å². The first kappa shape index (κ1) is 12.5. The summed E-state index contributed by atoms with van der Waals surface area (Å²) in [4.78, 5) is 11.0. The molecule has 0 aliphatic carbocycles. The molecule has 88 valence electrons. The van der Waals surface area contributed by atoms with E-state index in [-0.39, 0.29) is 0 Å². The van der Waals surface area contributed by atoms with Crippen molar-refractivity contribution in [3.05, 3.63) is 29.8 Å². The Morgan fingerprint density at radius 1 is 1.38 bits per heavy atom. The van der Waals surface area contributed by atoms with E-state index in [1.54, 1.807) is 0 Å². The number of rotatable bonds is 5. The Balaban J connectivity index is 2.30. The Labute approximate surface area is 95.3 Å². The molecule has 2 N–H and O–H groups in total. The fourth-order valence-electron chi connectivity index (χ4n) is 1.21. The topological polar surface area (TPSA) is 61.5 Å². The average molecular weight is 223 g/mol. The smallest absolute Gasteiger partial charge is 0.322 e. The zero-order valence-corrected chi connectivity index (χ0v) is 9.60. The summed E-state index contributed by atoms with van der Waals surface area (Å²) < 4.78 is 9.95. The number of methoxy groups -OCH3 is 1. The minimum atomic E-state index is -0.615.